The van der Waals surface area contributed by atoms with Gasteiger partial charge >= 0.3 is 0 Å². The van der Waals surface area contributed by atoms with Crippen molar-refractivity contribution in [3.05, 3.63) is 34.9 Å². The number of benzene rings is 1. The Kier molecular flexibility index (Phi) is 2.17. The first-order valence-electron chi connectivity index (χ1n) is 3.15. The molecule has 0 N–H and O–H groups in total. The number of rotatable bonds is 1. The van der Waals surface area contributed by atoms with E-state index in [4.69, 9.17) is 0 Å². The predicted molar refractivity (Wildman–Crippen MR) is 35.9 cm³/mol. The molecule has 0 aromatic heterocycles. The highest BCUT2D eigenvalue weighted by atomic mass is 19.1. The number of halogens is 3. The standard InChI is InChI=1S/C8H7F3/c1-5-7(10)2-6(4-9)3-8(5)11/h2-3H,4H2,1H3. The number of alkyl halides is 1. The van der Waals surface area contributed by atoms with Gasteiger partial charge in [0.15, 0.2) is 0 Å². The van der Waals surface area contributed by atoms with Crippen molar-refractivity contribution in [3.8, 4) is 0 Å². The van der Waals surface area contributed by atoms with Gasteiger partial charge in [-0.3, -0.25) is 0 Å². The van der Waals surface area contributed by atoms with Crippen molar-refractivity contribution in [1.82, 2.24) is 0 Å². The first kappa shape index (κ1) is 8.11. The van der Waals surface area contributed by atoms with E-state index in [1.807, 2.05) is 0 Å². The molecule has 0 nitrogen and oxygen atoms in total. The third-order valence-electron chi connectivity index (χ3n) is 1.50. The smallest absolute Gasteiger partial charge is 0.129 e. The van der Waals surface area contributed by atoms with E-state index in [0.717, 1.165) is 12.1 Å². The van der Waals surface area contributed by atoms with Crippen molar-refractivity contribution in [2.24, 2.45) is 0 Å². The highest BCUT2D eigenvalue weighted by molar-refractivity contribution is 5.24. The first-order valence-corrected chi connectivity index (χ1v) is 3.15. The molecule has 0 aliphatic carbocycles. The van der Waals surface area contributed by atoms with Crippen LogP contribution in [0.15, 0.2) is 12.1 Å². The molecule has 0 unspecified atom stereocenters. The summed E-state index contributed by atoms with van der Waals surface area (Å²) in [7, 11) is 0. The normalized spacial score (nSPS) is 10.2. The minimum atomic E-state index is -0.839. The molecule has 1 aromatic carbocycles. The summed E-state index contributed by atoms with van der Waals surface area (Å²) in [6.45, 7) is 0.473. The third-order valence-corrected chi connectivity index (χ3v) is 1.50. The molecule has 0 radical (unpaired) electrons. The van der Waals surface area contributed by atoms with Crippen LogP contribution >= 0.6 is 0 Å². The second-order valence-corrected chi connectivity index (χ2v) is 2.32. The molecule has 0 bridgehead atoms. The molecule has 1 rings (SSSR count). The van der Waals surface area contributed by atoms with Crippen LogP contribution < -0.4 is 0 Å². The Morgan fingerprint density at radius 3 is 2.00 bits per heavy atom. The first-order chi connectivity index (χ1) is 5.15. The molecule has 1 aromatic rings. The van der Waals surface area contributed by atoms with Gasteiger partial charge in [0.05, 0.1) is 0 Å². The molecule has 0 spiro atoms. The quantitative estimate of drug-likeness (QED) is 0.592. The molecule has 0 fully saturated rings. The minimum absolute atomic E-state index is 0.0330. The molecule has 0 heterocycles. The van der Waals surface area contributed by atoms with Crippen LogP contribution in [0.2, 0.25) is 0 Å². The van der Waals surface area contributed by atoms with Gasteiger partial charge in [0.1, 0.15) is 18.3 Å². The maximum absolute atomic E-state index is 12.6. The molecule has 0 aliphatic heterocycles. The largest absolute Gasteiger partial charge is 0.246 e. The average molecular weight is 160 g/mol. The van der Waals surface area contributed by atoms with E-state index in [1.165, 1.54) is 6.92 Å². The van der Waals surface area contributed by atoms with Gasteiger partial charge in [-0.1, -0.05) is 0 Å². The van der Waals surface area contributed by atoms with Gasteiger partial charge in [-0.15, -0.1) is 0 Å². The topological polar surface area (TPSA) is 0 Å². The van der Waals surface area contributed by atoms with Gasteiger partial charge in [0.25, 0.3) is 0 Å². The Hall–Kier alpha value is -0.990. The van der Waals surface area contributed by atoms with Gasteiger partial charge in [-0.25, -0.2) is 13.2 Å². The Morgan fingerprint density at radius 1 is 1.18 bits per heavy atom. The fraction of sp³-hybridized carbons (Fsp3) is 0.250. The summed E-state index contributed by atoms with van der Waals surface area (Å²) in [6, 6.07) is 2.00. The van der Waals surface area contributed by atoms with E-state index in [9.17, 15) is 13.2 Å². The van der Waals surface area contributed by atoms with Crippen molar-refractivity contribution in [1.29, 1.82) is 0 Å². The van der Waals surface area contributed by atoms with Gasteiger partial charge in [-0.2, -0.15) is 0 Å². The fourth-order valence-corrected chi connectivity index (χ4v) is 0.775. The summed E-state index contributed by atoms with van der Waals surface area (Å²) < 4.78 is 37.1. The molecule has 11 heavy (non-hydrogen) atoms. The summed E-state index contributed by atoms with van der Waals surface area (Å²) in [5, 5.41) is 0. The highest BCUT2D eigenvalue weighted by Crippen LogP contribution is 2.14. The van der Waals surface area contributed by atoms with Gasteiger partial charge < -0.3 is 0 Å². The zero-order chi connectivity index (χ0) is 8.43. The summed E-state index contributed by atoms with van der Waals surface area (Å²) in [6.07, 6.45) is 0. The van der Waals surface area contributed by atoms with Gasteiger partial charge in [0, 0.05) is 5.56 Å². The van der Waals surface area contributed by atoms with Crippen LogP contribution in [0.5, 0.6) is 0 Å². The second-order valence-electron chi connectivity index (χ2n) is 2.32. The van der Waals surface area contributed by atoms with Crippen LogP contribution in [0, 0.1) is 18.6 Å². The van der Waals surface area contributed by atoms with Crippen LogP contribution in [0.1, 0.15) is 11.1 Å². The van der Waals surface area contributed by atoms with E-state index in [1.54, 1.807) is 0 Å². The van der Waals surface area contributed by atoms with Crippen molar-refractivity contribution < 1.29 is 13.2 Å². The van der Waals surface area contributed by atoms with Crippen molar-refractivity contribution in [3.63, 3.8) is 0 Å². The van der Waals surface area contributed by atoms with Crippen molar-refractivity contribution in [2.45, 2.75) is 13.6 Å². The molecule has 0 amide bonds. The molecule has 3 heteroatoms. The lowest BCUT2D eigenvalue weighted by Crippen LogP contribution is -1.91. The second kappa shape index (κ2) is 2.95. The summed E-state index contributed by atoms with van der Waals surface area (Å²) in [4.78, 5) is 0. The van der Waals surface area contributed by atoms with E-state index in [0.29, 0.717) is 0 Å². The van der Waals surface area contributed by atoms with Crippen molar-refractivity contribution >= 4 is 0 Å². The maximum atomic E-state index is 12.6. The van der Waals surface area contributed by atoms with Crippen LogP contribution in [-0.2, 0) is 6.67 Å². The SMILES string of the molecule is Cc1c(F)cc(CF)cc1F. The molecular weight excluding hydrogens is 153 g/mol. The lowest BCUT2D eigenvalue weighted by molar-refractivity contribution is 0.476. The zero-order valence-corrected chi connectivity index (χ0v) is 6.00. The minimum Gasteiger partial charge on any atom is -0.246 e. The molecule has 0 aliphatic rings. The molecular formula is C8H7F3. The number of hydrogen-bond acceptors (Lipinski definition) is 0. The third kappa shape index (κ3) is 1.53. The summed E-state index contributed by atoms with van der Waals surface area (Å²) in [5.41, 5.74) is -0.0344. The lowest BCUT2D eigenvalue weighted by atomic mass is 10.1. The van der Waals surface area contributed by atoms with Crippen LogP contribution in [-0.4, -0.2) is 0 Å². The van der Waals surface area contributed by atoms with E-state index < -0.39 is 18.3 Å². The Bertz CT molecular complexity index is 245. The zero-order valence-electron chi connectivity index (χ0n) is 6.00. The Morgan fingerprint density at radius 2 is 1.64 bits per heavy atom. The van der Waals surface area contributed by atoms with Crippen LogP contribution in [0.25, 0.3) is 0 Å². The van der Waals surface area contributed by atoms with E-state index in [2.05, 4.69) is 0 Å². The van der Waals surface area contributed by atoms with Crippen molar-refractivity contribution in [2.75, 3.05) is 0 Å². The Labute approximate surface area is 62.7 Å². The summed E-state index contributed by atoms with van der Waals surface area (Å²) in [5.74, 6) is -1.39. The van der Waals surface area contributed by atoms with E-state index >= 15 is 0 Å². The predicted octanol–water partition coefficient (Wildman–Crippen LogP) is 2.74. The van der Waals surface area contributed by atoms with Gasteiger partial charge in [0.2, 0.25) is 0 Å². The monoisotopic (exact) mass is 160 g/mol. The highest BCUT2D eigenvalue weighted by Gasteiger charge is 2.05. The Balaban J connectivity index is 3.21. The number of hydrogen-bond donors (Lipinski definition) is 0. The average Bonchev–Trinajstić information content (AvgIpc) is 1.99. The van der Waals surface area contributed by atoms with Gasteiger partial charge in [-0.05, 0) is 24.6 Å². The van der Waals surface area contributed by atoms with Crippen LogP contribution in [0.4, 0.5) is 13.2 Å². The summed E-state index contributed by atoms with van der Waals surface area (Å²) >= 11 is 0. The molecule has 0 saturated carbocycles. The van der Waals surface area contributed by atoms with E-state index in [-0.39, 0.29) is 11.1 Å². The van der Waals surface area contributed by atoms with Crippen LogP contribution in [0.3, 0.4) is 0 Å². The molecule has 0 atom stereocenters. The lowest BCUT2D eigenvalue weighted by Gasteiger charge is -1.99. The molecule has 0 saturated heterocycles. The maximum Gasteiger partial charge on any atom is 0.129 e. The fourth-order valence-electron chi connectivity index (χ4n) is 0.775. The molecule has 60 valence electrons.